The number of aromatic nitrogens is 1. The van der Waals surface area contributed by atoms with E-state index in [4.69, 9.17) is 0 Å². The maximum absolute atomic E-state index is 3.74. The first kappa shape index (κ1) is 28.4. The highest BCUT2D eigenvalue weighted by molar-refractivity contribution is 9.10. The number of aryl methyl sites for hydroxylation is 2. The summed E-state index contributed by atoms with van der Waals surface area (Å²) in [7, 11) is 0. The van der Waals surface area contributed by atoms with Gasteiger partial charge in [-0.3, -0.25) is 0 Å². The lowest BCUT2D eigenvalue weighted by Gasteiger charge is -2.14. The average molecular weight is 626 g/mol. The van der Waals surface area contributed by atoms with Crippen LogP contribution >= 0.6 is 31.9 Å². The van der Waals surface area contributed by atoms with Crippen LogP contribution in [0.2, 0.25) is 0 Å². The summed E-state index contributed by atoms with van der Waals surface area (Å²) >= 11 is 7.47. The Morgan fingerprint density at radius 1 is 0.514 bits per heavy atom. The Morgan fingerprint density at radius 2 is 0.946 bits per heavy atom. The van der Waals surface area contributed by atoms with Gasteiger partial charge in [0, 0.05) is 25.4 Å². The number of hydrogen-bond donors (Lipinski definition) is 0. The molecule has 198 valence electrons. The van der Waals surface area contributed by atoms with Crippen LogP contribution < -0.4 is 0 Å². The van der Waals surface area contributed by atoms with Gasteiger partial charge in [0.1, 0.15) is 0 Å². The maximum Gasteiger partial charge on any atom is 0.0552 e. The van der Waals surface area contributed by atoms with Crippen LogP contribution in [0.4, 0.5) is 0 Å². The van der Waals surface area contributed by atoms with Gasteiger partial charge in [-0.25, -0.2) is 0 Å². The van der Waals surface area contributed by atoms with Crippen molar-refractivity contribution in [2.24, 2.45) is 0 Å². The van der Waals surface area contributed by atoms with Crippen molar-refractivity contribution in [3.8, 4) is 5.69 Å². The summed E-state index contributed by atoms with van der Waals surface area (Å²) in [4.78, 5) is 0. The first-order valence-corrected chi connectivity index (χ1v) is 16.2. The Balaban J connectivity index is 1.66. The third-order valence-corrected chi connectivity index (χ3v) is 8.61. The summed E-state index contributed by atoms with van der Waals surface area (Å²) in [6, 6.07) is 20.8. The molecule has 0 radical (unpaired) electrons. The molecule has 4 rings (SSSR count). The normalized spacial score (nSPS) is 11.7. The first-order chi connectivity index (χ1) is 18.1. The lowest BCUT2D eigenvalue weighted by molar-refractivity contribution is 0.604. The fourth-order valence-electron chi connectivity index (χ4n) is 5.62. The van der Waals surface area contributed by atoms with Crippen LogP contribution in [0.1, 0.15) is 102 Å². The highest BCUT2D eigenvalue weighted by atomic mass is 79.9. The van der Waals surface area contributed by atoms with Crippen molar-refractivity contribution in [1.82, 2.24) is 4.57 Å². The molecule has 0 unspecified atom stereocenters. The Morgan fingerprint density at radius 3 is 1.41 bits per heavy atom. The summed E-state index contributed by atoms with van der Waals surface area (Å²) in [6.45, 7) is 4.59. The number of rotatable bonds is 15. The molecular weight excluding hydrogens is 582 g/mol. The molecule has 0 bridgehead atoms. The summed E-state index contributed by atoms with van der Waals surface area (Å²) in [5.41, 5.74) is 6.83. The molecule has 37 heavy (non-hydrogen) atoms. The van der Waals surface area contributed by atoms with Crippen molar-refractivity contribution in [3.63, 3.8) is 0 Å². The monoisotopic (exact) mass is 623 g/mol. The minimum atomic E-state index is 1.12. The molecule has 0 spiro atoms. The van der Waals surface area contributed by atoms with Gasteiger partial charge in [-0.05, 0) is 73.2 Å². The third-order valence-electron chi connectivity index (χ3n) is 7.63. The Hall–Kier alpha value is -1.58. The average Bonchev–Trinajstić information content (AvgIpc) is 3.20. The van der Waals surface area contributed by atoms with Crippen molar-refractivity contribution >= 4 is 53.7 Å². The molecule has 1 nitrogen and oxygen atoms in total. The third kappa shape index (κ3) is 7.73. The number of hydrogen-bond acceptors (Lipinski definition) is 0. The predicted molar refractivity (Wildman–Crippen MR) is 170 cm³/mol. The van der Waals surface area contributed by atoms with Crippen LogP contribution in [-0.4, -0.2) is 4.57 Å². The van der Waals surface area contributed by atoms with Crippen molar-refractivity contribution in [1.29, 1.82) is 0 Å². The zero-order chi connectivity index (χ0) is 26.0. The van der Waals surface area contributed by atoms with Gasteiger partial charge in [-0.15, -0.1) is 0 Å². The van der Waals surface area contributed by atoms with E-state index < -0.39 is 0 Å². The van der Waals surface area contributed by atoms with E-state index in [0.29, 0.717) is 0 Å². The quantitative estimate of drug-likeness (QED) is 0.116. The number of fused-ring (bicyclic) bond motifs is 3. The molecule has 0 saturated carbocycles. The van der Waals surface area contributed by atoms with E-state index in [1.165, 1.54) is 129 Å². The van der Waals surface area contributed by atoms with E-state index in [-0.39, 0.29) is 0 Å². The molecule has 4 aromatic rings. The highest BCUT2D eigenvalue weighted by Gasteiger charge is 2.14. The topological polar surface area (TPSA) is 4.93 Å². The molecule has 1 heterocycles. The van der Waals surface area contributed by atoms with Crippen molar-refractivity contribution in [2.45, 2.75) is 104 Å². The molecule has 0 saturated heterocycles. The summed E-state index contributed by atoms with van der Waals surface area (Å²) in [6.07, 6.45) is 18.5. The van der Waals surface area contributed by atoms with E-state index in [2.05, 4.69) is 105 Å². The second-order valence-electron chi connectivity index (χ2n) is 10.7. The van der Waals surface area contributed by atoms with Crippen LogP contribution in [0.25, 0.3) is 27.5 Å². The van der Waals surface area contributed by atoms with Gasteiger partial charge in [-0.2, -0.15) is 0 Å². The molecule has 0 atom stereocenters. The van der Waals surface area contributed by atoms with Gasteiger partial charge in [0.05, 0.1) is 11.0 Å². The zero-order valence-electron chi connectivity index (χ0n) is 22.8. The summed E-state index contributed by atoms with van der Waals surface area (Å²) < 4.78 is 4.73. The second-order valence-corrected chi connectivity index (χ2v) is 12.5. The zero-order valence-corrected chi connectivity index (χ0v) is 26.0. The molecule has 0 aliphatic heterocycles. The highest BCUT2D eigenvalue weighted by Crippen LogP contribution is 2.36. The largest absolute Gasteiger partial charge is 0.309 e. The van der Waals surface area contributed by atoms with Crippen LogP contribution in [0.5, 0.6) is 0 Å². The van der Waals surface area contributed by atoms with Gasteiger partial charge >= 0.3 is 0 Å². The molecule has 1 aromatic heterocycles. The van der Waals surface area contributed by atoms with E-state index in [1.54, 1.807) is 0 Å². The molecular formula is C34H43Br2N. The number of halogens is 2. The molecule has 0 aliphatic rings. The SMILES string of the molecule is CCCCCCCCc1cc(CCCCCCCC)cc(-n2c3cc(Br)ccc3c3ccc(Br)cc32)c1. The fourth-order valence-corrected chi connectivity index (χ4v) is 6.32. The molecule has 0 N–H and O–H groups in total. The second kappa shape index (κ2) is 14.5. The maximum atomic E-state index is 3.74. The van der Waals surface area contributed by atoms with Crippen molar-refractivity contribution in [3.05, 3.63) is 74.7 Å². The van der Waals surface area contributed by atoms with Crippen LogP contribution in [0.3, 0.4) is 0 Å². The molecule has 3 heteroatoms. The lowest BCUT2D eigenvalue weighted by Crippen LogP contribution is -1.99. The van der Waals surface area contributed by atoms with Gasteiger partial charge < -0.3 is 4.57 Å². The van der Waals surface area contributed by atoms with Crippen molar-refractivity contribution < 1.29 is 0 Å². The van der Waals surface area contributed by atoms with Gasteiger partial charge in [0.15, 0.2) is 0 Å². The Labute approximate surface area is 241 Å². The minimum absolute atomic E-state index is 1.12. The first-order valence-electron chi connectivity index (χ1n) is 14.6. The summed E-state index contributed by atoms with van der Waals surface area (Å²) in [5.74, 6) is 0. The van der Waals surface area contributed by atoms with Crippen molar-refractivity contribution in [2.75, 3.05) is 0 Å². The van der Waals surface area contributed by atoms with E-state index in [9.17, 15) is 0 Å². The van der Waals surface area contributed by atoms with E-state index >= 15 is 0 Å². The van der Waals surface area contributed by atoms with Crippen LogP contribution in [0.15, 0.2) is 63.5 Å². The Bertz CT molecular complexity index is 1190. The fraction of sp³-hybridized carbons (Fsp3) is 0.471. The van der Waals surface area contributed by atoms with Crippen LogP contribution in [0, 0.1) is 0 Å². The lowest BCUT2D eigenvalue weighted by atomic mass is 9.99. The smallest absolute Gasteiger partial charge is 0.0552 e. The van der Waals surface area contributed by atoms with Gasteiger partial charge in [-0.1, -0.05) is 128 Å². The molecule has 0 fully saturated rings. The molecule has 3 aromatic carbocycles. The Kier molecular flexibility index (Phi) is 11.2. The predicted octanol–water partition coefficient (Wildman–Crippen LogP) is 12.1. The van der Waals surface area contributed by atoms with E-state index in [1.807, 2.05) is 0 Å². The number of unbranched alkanes of at least 4 members (excludes halogenated alkanes) is 10. The number of benzene rings is 3. The van der Waals surface area contributed by atoms with E-state index in [0.717, 1.165) is 8.95 Å². The standard InChI is InChI=1S/C34H43Br2N/c1-3-5-7-9-11-13-15-26-21-27(16-14-12-10-8-6-4-2)23-30(22-26)37-33-24-28(35)17-19-31(33)32-20-18-29(36)25-34(32)37/h17-25H,3-16H2,1-2H3. The summed E-state index contributed by atoms with van der Waals surface area (Å²) in [5, 5.41) is 2.62. The van der Waals surface area contributed by atoms with Crippen LogP contribution in [-0.2, 0) is 12.8 Å². The molecule has 0 aliphatic carbocycles. The minimum Gasteiger partial charge on any atom is -0.309 e. The molecule has 0 amide bonds. The van der Waals surface area contributed by atoms with Gasteiger partial charge in [0.2, 0.25) is 0 Å². The number of nitrogens with zero attached hydrogens (tertiary/aromatic N) is 1. The van der Waals surface area contributed by atoms with Gasteiger partial charge in [0.25, 0.3) is 0 Å².